The van der Waals surface area contributed by atoms with Crippen molar-refractivity contribution in [1.82, 2.24) is 5.43 Å². The van der Waals surface area contributed by atoms with Crippen molar-refractivity contribution >= 4 is 23.2 Å². The number of carbonyl (C=O) groups excluding carboxylic acids is 2. The highest BCUT2D eigenvalue weighted by molar-refractivity contribution is 6.09. The number of hydrogen-bond donors (Lipinski definition) is 2. The van der Waals surface area contributed by atoms with E-state index in [1.807, 2.05) is 38.1 Å². The van der Waals surface area contributed by atoms with Gasteiger partial charge in [-0.3, -0.25) is 9.59 Å². The van der Waals surface area contributed by atoms with Crippen LogP contribution in [0.4, 0.5) is 5.69 Å². The maximum atomic E-state index is 12.8. The van der Waals surface area contributed by atoms with E-state index >= 15 is 0 Å². The maximum Gasteiger partial charge on any atom is 0.291 e. The van der Waals surface area contributed by atoms with Crippen LogP contribution in [-0.4, -0.2) is 17.5 Å². The molecule has 0 fully saturated rings. The third-order valence-corrected chi connectivity index (χ3v) is 5.32. The summed E-state index contributed by atoms with van der Waals surface area (Å²) in [7, 11) is 0. The second-order valence-electron chi connectivity index (χ2n) is 7.37. The van der Waals surface area contributed by atoms with Crippen molar-refractivity contribution in [2.24, 2.45) is 5.10 Å². The Morgan fingerprint density at radius 1 is 1.03 bits per heavy atom. The van der Waals surface area contributed by atoms with Crippen molar-refractivity contribution in [2.75, 3.05) is 5.32 Å². The van der Waals surface area contributed by atoms with Gasteiger partial charge in [-0.25, -0.2) is 5.43 Å². The molecule has 1 aliphatic carbocycles. The Balaban J connectivity index is 1.59. The normalized spacial score (nSPS) is 14.4. The Morgan fingerprint density at radius 2 is 1.83 bits per heavy atom. The van der Waals surface area contributed by atoms with Crippen molar-refractivity contribution in [3.05, 3.63) is 76.1 Å². The summed E-state index contributed by atoms with van der Waals surface area (Å²) in [5.41, 5.74) is 6.99. The second-order valence-corrected chi connectivity index (χ2v) is 7.37. The third-order valence-electron chi connectivity index (χ3n) is 5.32. The molecule has 0 atom stereocenters. The number of benzene rings is 1. The van der Waals surface area contributed by atoms with Gasteiger partial charge in [-0.05, 0) is 51.3 Å². The number of nitrogens with zero attached hydrogens (tertiary/aromatic N) is 1. The molecule has 7 heteroatoms. The summed E-state index contributed by atoms with van der Waals surface area (Å²) >= 11 is 0. The van der Waals surface area contributed by atoms with Crippen molar-refractivity contribution in [2.45, 2.75) is 40.0 Å². The molecule has 0 saturated heterocycles. The SMILES string of the molecule is Cc1ccccc1NC(=O)c1oc2c(c1C)/C(=N/NC(=O)c1ccoc1C)CCC2. The molecule has 0 unspecified atom stereocenters. The fraction of sp³-hybridized carbons (Fsp3) is 0.261. The molecule has 2 amide bonds. The van der Waals surface area contributed by atoms with Crippen molar-refractivity contribution < 1.29 is 18.4 Å². The number of nitrogens with one attached hydrogen (secondary N) is 2. The summed E-state index contributed by atoms with van der Waals surface area (Å²) in [4.78, 5) is 25.2. The van der Waals surface area contributed by atoms with Crippen molar-refractivity contribution in [3.63, 3.8) is 0 Å². The van der Waals surface area contributed by atoms with E-state index in [0.717, 1.165) is 41.0 Å². The Bertz CT molecular complexity index is 1150. The van der Waals surface area contributed by atoms with Crippen LogP contribution in [-0.2, 0) is 6.42 Å². The summed E-state index contributed by atoms with van der Waals surface area (Å²) in [6.45, 7) is 5.50. The van der Waals surface area contributed by atoms with Crippen LogP contribution < -0.4 is 10.7 Å². The molecule has 7 nitrogen and oxygen atoms in total. The minimum Gasteiger partial charge on any atom is -0.469 e. The lowest BCUT2D eigenvalue weighted by Gasteiger charge is -2.13. The lowest BCUT2D eigenvalue weighted by atomic mass is 9.93. The zero-order valence-corrected chi connectivity index (χ0v) is 17.2. The highest BCUT2D eigenvalue weighted by atomic mass is 16.4. The number of anilines is 1. The Hall–Kier alpha value is -3.61. The molecule has 2 aromatic heterocycles. The predicted molar refractivity (Wildman–Crippen MR) is 113 cm³/mol. The zero-order chi connectivity index (χ0) is 21.3. The molecule has 2 N–H and O–H groups in total. The van der Waals surface area contributed by atoms with Crippen LogP contribution in [0.3, 0.4) is 0 Å². The molecule has 0 spiro atoms. The van der Waals surface area contributed by atoms with Gasteiger partial charge in [0.15, 0.2) is 5.76 Å². The molecule has 1 aromatic carbocycles. The van der Waals surface area contributed by atoms with Gasteiger partial charge in [0.1, 0.15) is 11.5 Å². The van der Waals surface area contributed by atoms with Crippen LogP contribution in [0.1, 0.15) is 62.0 Å². The van der Waals surface area contributed by atoms with Gasteiger partial charge in [0.2, 0.25) is 0 Å². The quantitative estimate of drug-likeness (QED) is 0.624. The van der Waals surface area contributed by atoms with Gasteiger partial charge in [0, 0.05) is 23.2 Å². The number of aryl methyl sites for hydroxylation is 3. The minimum absolute atomic E-state index is 0.273. The molecule has 154 valence electrons. The number of furan rings is 2. The fourth-order valence-corrected chi connectivity index (χ4v) is 3.69. The molecule has 0 aliphatic heterocycles. The number of para-hydroxylation sites is 1. The monoisotopic (exact) mass is 405 g/mol. The lowest BCUT2D eigenvalue weighted by molar-refractivity contribution is 0.0952. The van der Waals surface area contributed by atoms with Crippen LogP contribution in [0, 0.1) is 20.8 Å². The van der Waals surface area contributed by atoms with E-state index in [2.05, 4.69) is 15.8 Å². The lowest BCUT2D eigenvalue weighted by Crippen LogP contribution is -2.22. The number of carbonyl (C=O) groups is 2. The van der Waals surface area contributed by atoms with Crippen LogP contribution >= 0.6 is 0 Å². The number of fused-ring (bicyclic) bond motifs is 1. The zero-order valence-electron chi connectivity index (χ0n) is 17.2. The first-order valence-electron chi connectivity index (χ1n) is 9.86. The predicted octanol–water partition coefficient (Wildman–Crippen LogP) is 4.52. The standard InChI is InChI=1S/C23H23N3O4/c1-13-7-4-5-8-17(13)24-23(28)21-14(2)20-18(9-6-10-19(20)30-21)25-26-22(27)16-11-12-29-15(16)3/h4-5,7-8,11-12H,6,9-10H2,1-3H3,(H,24,28)(H,26,27)/b25-18+. The second kappa shape index (κ2) is 8.02. The van der Waals surface area contributed by atoms with Gasteiger partial charge < -0.3 is 14.2 Å². The molecule has 30 heavy (non-hydrogen) atoms. The van der Waals surface area contributed by atoms with Gasteiger partial charge in [0.25, 0.3) is 11.8 Å². The van der Waals surface area contributed by atoms with Crippen LogP contribution in [0.15, 0.2) is 50.5 Å². The molecule has 3 aromatic rings. The average molecular weight is 405 g/mol. The van der Waals surface area contributed by atoms with Gasteiger partial charge in [-0.2, -0.15) is 5.10 Å². The first-order valence-corrected chi connectivity index (χ1v) is 9.86. The maximum absolute atomic E-state index is 12.8. The van der Waals surface area contributed by atoms with Crippen LogP contribution in [0.2, 0.25) is 0 Å². The molecule has 0 bridgehead atoms. The number of hydrazone groups is 1. The van der Waals surface area contributed by atoms with Gasteiger partial charge >= 0.3 is 0 Å². The summed E-state index contributed by atoms with van der Waals surface area (Å²) in [6.07, 6.45) is 3.71. The fourth-order valence-electron chi connectivity index (χ4n) is 3.69. The van der Waals surface area contributed by atoms with Crippen LogP contribution in [0.25, 0.3) is 0 Å². The third kappa shape index (κ3) is 3.66. The molecule has 0 radical (unpaired) electrons. The van der Waals surface area contributed by atoms with Gasteiger partial charge in [-0.1, -0.05) is 18.2 Å². The average Bonchev–Trinajstić information content (AvgIpc) is 3.31. The number of rotatable bonds is 4. The first-order chi connectivity index (χ1) is 14.5. The molecule has 4 rings (SSSR count). The van der Waals surface area contributed by atoms with Crippen molar-refractivity contribution in [3.8, 4) is 0 Å². The molecule has 1 aliphatic rings. The summed E-state index contributed by atoms with van der Waals surface area (Å²) in [6, 6.07) is 9.19. The summed E-state index contributed by atoms with van der Waals surface area (Å²) < 4.78 is 11.1. The van der Waals surface area contributed by atoms with E-state index in [0.29, 0.717) is 23.5 Å². The summed E-state index contributed by atoms with van der Waals surface area (Å²) in [5, 5.41) is 7.25. The van der Waals surface area contributed by atoms with E-state index in [4.69, 9.17) is 8.83 Å². The Kier molecular flexibility index (Phi) is 5.27. The smallest absolute Gasteiger partial charge is 0.291 e. The summed E-state index contributed by atoms with van der Waals surface area (Å²) in [5.74, 6) is 0.899. The van der Waals surface area contributed by atoms with E-state index in [1.165, 1.54) is 6.26 Å². The van der Waals surface area contributed by atoms with Gasteiger partial charge in [-0.15, -0.1) is 0 Å². The highest BCUT2D eigenvalue weighted by Gasteiger charge is 2.28. The molecule has 2 heterocycles. The Labute approximate surface area is 174 Å². The molecule has 0 saturated carbocycles. The van der Waals surface area contributed by atoms with E-state index in [9.17, 15) is 9.59 Å². The minimum atomic E-state index is -0.334. The highest BCUT2D eigenvalue weighted by Crippen LogP contribution is 2.30. The Morgan fingerprint density at radius 3 is 2.57 bits per heavy atom. The van der Waals surface area contributed by atoms with E-state index < -0.39 is 0 Å². The number of hydrogen-bond acceptors (Lipinski definition) is 5. The molecular weight excluding hydrogens is 382 g/mol. The largest absolute Gasteiger partial charge is 0.469 e. The molecular formula is C23H23N3O4. The van der Waals surface area contributed by atoms with E-state index in [-0.39, 0.29) is 17.6 Å². The van der Waals surface area contributed by atoms with Crippen LogP contribution in [0.5, 0.6) is 0 Å². The van der Waals surface area contributed by atoms with Gasteiger partial charge in [0.05, 0.1) is 17.5 Å². The topological polar surface area (TPSA) is 96.8 Å². The number of amides is 2. The van der Waals surface area contributed by atoms with Crippen molar-refractivity contribution in [1.29, 1.82) is 0 Å². The first kappa shape index (κ1) is 19.7. The van der Waals surface area contributed by atoms with E-state index in [1.54, 1.807) is 13.0 Å².